The van der Waals surface area contributed by atoms with Gasteiger partial charge in [-0.15, -0.1) is 10.2 Å². The average Bonchev–Trinajstić information content (AvgIpc) is 2.73. The molecule has 0 saturated heterocycles. The molecule has 0 spiro atoms. The van der Waals surface area contributed by atoms with Crippen molar-refractivity contribution in [2.75, 3.05) is 0 Å². The lowest BCUT2D eigenvalue weighted by molar-refractivity contribution is 0.553. The molecule has 0 radical (unpaired) electrons. The summed E-state index contributed by atoms with van der Waals surface area (Å²) in [6, 6.07) is 8.64. The molecule has 0 aliphatic rings. The highest BCUT2D eigenvalue weighted by atomic mass is 15.6. The van der Waals surface area contributed by atoms with Crippen LogP contribution in [0.15, 0.2) is 24.3 Å². The lowest BCUT2D eigenvalue weighted by Crippen LogP contribution is -2.19. The van der Waals surface area contributed by atoms with Crippen molar-refractivity contribution in [2.45, 2.75) is 26.4 Å². The quantitative estimate of drug-likeness (QED) is 0.863. The van der Waals surface area contributed by atoms with E-state index in [1.807, 2.05) is 0 Å². The number of benzene rings is 1. The molecule has 5 nitrogen and oxygen atoms in total. The van der Waals surface area contributed by atoms with Crippen molar-refractivity contribution >= 4 is 0 Å². The van der Waals surface area contributed by atoms with Crippen LogP contribution in [0.3, 0.4) is 0 Å². The van der Waals surface area contributed by atoms with Crippen LogP contribution >= 0.6 is 0 Å². The van der Waals surface area contributed by atoms with Crippen molar-refractivity contribution in [1.82, 2.24) is 25.5 Å². The maximum Gasteiger partial charge on any atom is 0.188 e. The first-order valence-corrected chi connectivity index (χ1v) is 5.68. The Balaban J connectivity index is 1.98. The van der Waals surface area contributed by atoms with Gasteiger partial charge in [0.1, 0.15) is 0 Å². The van der Waals surface area contributed by atoms with Crippen LogP contribution < -0.4 is 5.32 Å². The largest absolute Gasteiger partial charge is 0.303 e. The number of nitrogens with one attached hydrogen (secondary N) is 1. The molecular formula is C12H17N5. The molecule has 1 N–H and O–H groups in total. The predicted octanol–water partition coefficient (Wildman–Crippen LogP) is 1.37. The lowest BCUT2D eigenvalue weighted by atomic mass is 10.0. The second-order valence-electron chi connectivity index (χ2n) is 4.15. The van der Waals surface area contributed by atoms with Crippen LogP contribution in [0, 0.1) is 6.92 Å². The Bertz CT molecular complexity index is 491. The maximum atomic E-state index is 4.13. The smallest absolute Gasteiger partial charge is 0.188 e. The Kier molecular flexibility index (Phi) is 3.49. The van der Waals surface area contributed by atoms with E-state index in [1.165, 1.54) is 15.9 Å². The minimum atomic E-state index is 0.278. The summed E-state index contributed by atoms with van der Waals surface area (Å²) in [5.74, 6) is 0.716. The van der Waals surface area contributed by atoms with Crippen LogP contribution in [0.25, 0.3) is 0 Å². The molecule has 0 amide bonds. The Morgan fingerprint density at radius 3 is 2.76 bits per heavy atom. The van der Waals surface area contributed by atoms with Crippen molar-refractivity contribution in [2.24, 2.45) is 7.05 Å². The van der Waals surface area contributed by atoms with E-state index in [0.717, 1.165) is 0 Å². The molecule has 0 bridgehead atoms. The van der Waals surface area contributed by atoms with E-state index in [-0.39, 0.29) is 6.04 Å². The number of tetrazole rings is 1. The number of aromatic nitrogens is 4. The van der Waals surface area contributed by atoms with Crippen LogP contribution in [0.4, 0.5) is 0 Å². The molecule has 2 rings (SSSR count). The van der Waals surface area contributed by atoms with Crippen LogP contribution in [0.1, 0.15) is 29.9 Å². The van der Waals surface area contributed by atoms with Gasteiger partial charge in [-0.1, -0.05) is 24.3 Å². The first-order valence-electron chi connectivity index (χ1n) is 5.68. The fraction of sp³-hybridized carbons (Fsp3) is 0.417. The van der Waals surface area contributed by atoms with Gasteiger partial charge in [0.05, 0.1) is 13.6 Å². The van der Waals surface area contributed by atoms with E-state index in [2.05, 4.69) is 58.8 Å². The number of hydrogen-bond donors (Lipinski definition) is 1. The zero-order valence-corrected chi connectivity index (χ0v) is 10.4. The highest BCUT2D eigenvalue weighted by molar-refractivity contribution is 5.28. The van der Waals surface area contributed by atoms with E-state index in [0.29, 0.717) is 12.4 Å². The number of aryl methyl sites for hydroxylation is 2. The Morgan fingerprint density at radius 2 is 2.12 bits per heavy atom. The van der Waals surface area contributed by atoms with Crippen molar-refractivity contribution in [3.63, 3.8) is 0 Å². The second-order valence-corrected chi connectivity index (χ2v) is 4.15. The highest BCUT2D eigenvalue weighted by Gasteiger charge is 2.08. The minimum absolute atomic E-state index is 0.278. The maximum absolute atomic E-state index is 4.13. The van der Waals surface area contributed by atoms with Crippen LogP contribution in [0.2, 0.25) is 0 Å². The molecule has 0 aliphatic carbocycles. The van der Waals surface area contributed by atoms with E-state index in [1.54, 1.807) is 7.05 Å². The lowest BCUT2D eigenvalue weighted by Gasteiger charge is -2.15. The summed E-state index contributed by atoms with van der Waals surface area (Å²) in [7, 11) is 1.77. The standard InChI is InChI=1S/C12H17N5/c1-9-6-4-5-7-11(9)10(2)13-8-12-14-16-17(3)15-12/h4-7,10,13H,8H2,1-3H3/t10-/m0/s1. The molecule has 1 heterocycles. The van der Waals surface area contributed by atoms with Crippen molar-refractivity contribution in [3.8, 4) is 0 Å². The molecule has 0 unspecified atom stereocenters. The Hall–Kier alpha value is -1.75. The normalized spacial score (nSPS) is 12.6. The minimum Gasteiger partial charge on any atom is -0.303 e. The van der Waals surface area contributed by atoms with Gasteiger partial charge < -0.3 is 5.32 Å². The van der Waals surface area contributed by atoms with Gasteiger partial charge in [-0.3, -0.25) is 0 Å². The van der Waals surface area contributed by atoms with E-state index >= 15 is 0 Å². The fourth-order valence-electron chi connectivity index (χ4n) is 1.82. The van der Waals surface area contributed by atoms with Crippen molar-refractivity contribution in [1.29, 1.82) is 0 Å². The van der Waals surface area contributed by atoms with Gasteiger partial charge in [0, 0.05) is 6.04 Å². The molecule has 0 aliphatic heterocycles. The first-order chi connectivity index (χ1) is 8.16. The molecule has 5 heteroatoms. The predicted molar refractivity (Wildman–Crippen MR) is 65.2 cm³/mol. The van der Waals surface area contributed by atoms with Gasteiger partial charge in [0.2, 0.25) is 0 Å². The first kappa shape index (κ1) is 11.7. The molecule has 0 fully saturated rings. The SMILES string of the molecule is Cc1ccccc1[C@H](C)NCc1nnn(C)n1. The molecule has 2 aromatic rings. The highest BCUT2D eigenvalue weighted by Crippen LogP contribution is 2.16. The third kappa shape index (κ3) is 2.88. The molecule has 90 valence electrons. The topological polar surface area (TPSA) is 55.6 Å². The van der Waals surface area contributed by atoms with Crippen molar-refractivity contribution in [3.05, 3.63) is 41.2 Å². The van der Waals surface area contributed by atoms with Gasteiger partial charge in [-0.25, -0.2) is 0 Å². The summed E-state index contributed by atoms with van der Waals surface area (Å²) in [5, 5.41) is 15.3. The average molecular weight is 231 g/mol. The summed E-state index contributed by atoms with van der Waals surface area (Å²) in [4.78, 5) is 1.47. The monoisotopic (exact) mass is 231 g/mol. The van der Waals surface area contributed by atoms with Gasteiger partial charge >= 0.3 is 0 Å². The molecule has 0 saturated carbocycles. The Morgan fingerprint density at radius 1 is 1.35 bits per heavy atom. The summed E-state index contributed by atoms with van der Waals surface area (Å²) in [6.45, 7) is 4.89. The number of rotatable bonds is 4. The second kappa shape index (κ2) is 5.05. The van der Waals surface area contributed by atoms with Crippen molar-refractivity contribution < 1.29 is 0 Å². The zero-order chi connectivity index (χ0) is 12.3. The fourth-order valence-corrected chi connectivity index (χ4v) is 1.82. The summed E-state index contributed by atoms with van der Waals surface area (Å²) in [5.41, 5.74) is 2.59. The van der Waals surface area contributed by atoms with Gasteiger partial charge in [-0.2, -0.15) is 4.80 Å². The molecule has 17 heavy (non-hydrogen) atoms. The summed E-state index contributed by atoms with van der Waals surface area (Å²) in [6.07, 6.45) is 0. The van der Waals surface area contributed by atoms with Gasteiger partial charge in [-0.05, 0) is 30.2 Å². The summed E-state index contributed by atoms with van der Waals surface area (Å²) >= 11 is 0. The third-order valence-corrected chi connectivity index (χ3v) is 2.77. The molecular weight excluding hydrogens is 214 g/mol. The third-order valence-electron chi connectivity index (χ3n) is 2.77. The van der Waals surface area contributed by atoms with Gasteiger partial charge in [0.25, 0.3) is 0 Å². The van der Waals surface area contributed by atoms with Crippen LogP contribution in [-0.2, 0) is 13.6 Å². The van der Waals surface area contributed by atoms with Gasteiger partial charge in [0.15, 0.2) is 5.82 Å². The van der Waals surface area contributed by atoms with Crippen LogP contribution in [0.5, 0.6) is 0 Å². The molecule has 1 atom stereocenters. The Labute approximate surface area is 101 Å². The van der Waals surface area contributed by atoms with Crippen LogP contribution in [-0.4, -0.2) is 20.2 Å². The van der Waals surface area contributed by atoms with E-state index in [4.69, 9.17) is 0 Å². The van der Waals surface area contributed by atoms with E-state index in [9.17, 15) is 0 Å². The number of hydrogen-bond acceptors (Lipinski definition) is 4. The number of nitrogens with zero attached hydrogens (tertiary/aromatic N) is 4. The zero-order valence-electron chi connectivity index (χ0n) is 10.4. The molecule has 1 aromatic carbocycles. The van der Waals surface area contributed by atoms with E-state index < -0.39 is 0 Å². The summed E-state index contributed by atoms with van der Waals surface area (Å²) < 4.78 is 0. The molecule has 1 aromatic heterocycles.